The van der Waals surface area contributed by atoms with Crippen molar-refractivity contribution >= 4 is 5.69 Å². The Morgan fingerprint density at radius 2 is 1.81 bits per heavy atom. The maximum Gasteiger partial charge on any atom is 0.119 e. The van der Waals surface area contributed by atoms with E-state index in [9.17, 15) is 0 Å². The van der Waals surface area contributed by atoms with Crippen LogP contribution in [0.25, 0.3) is 0 Å². The van der Waals surface area contributed by atoms with Crippen LogP contribution in [0.5, 0.6) is 5.75 Å². The molecule has 21 heavy (non-hydrogen) atoms. The summed E-state index contributed by atoms with van der Waals surface area (Å²) in [6.45, 7) is 2.70. The van der Waals surface area contributed by atoms with E-state index in [2.05, 4.69) is 41.3 Å². The second-order valence-electron chi connectivity index (χ2n) is 5.35. The van der Waals surface area contributed by atoms with Crippen molar-refractivity contribution in [1.29, 1.82) is 0 Å². The first kappa shape index (κ1) is 14.0. The largest absolute Gasteiger partial charge is 0.497 e. The molecular formula is C18H21NO2. The van der Waals surface area contributed by atoms with Crippen LogP contribution in [-0.4, -0.2) is 26.3 Å². The Hall–Kier alpha value is -2.00. The van der Waals surface area contributed by atoms with Crippen LogP contribution >= 0.6 is 0 Å². The molecule has 1 atom stereocenters. The zero-order valence-electron chi connectivity index (χ0n) is 12.4. The maximum absolute atomic E-state index is 6.02. The number of benzene rings is 2. The summed E-state index contributed by atoms with van der Waals surface area (Å²) in [6, 6.07) is 18.6. The molecular weight excluding hydrogens is 262 g/mol. The van der Waals surface area contributed by atoms with Gasteiger partial charge in [0.2, 0.25) is 0 Å². The van der Waals surface area contributed by atoms with Crippen molar-refractivity contribution in [2.45, 2.75) is 19.1 Å². The van der Waals surface area contributed by atoms with Crippen molar-refractivity contribution < 1.29 is 9.47 Å². The van der Waals surface area contributed by atoms with Gasteiger partial charge in [0.15, 0.2) is 0 Å². The molecule has 0 aromatic heterocycles. The second kappa shape index (κ2) is 6.64. The van der Waals surface area contributed by atoms with Crippen LogP contribution in [0, 0.1) is 0 Å². The molecule has 2 aromatic carbocycles. The lowest BCUT2D eigenvalue weighted by Gasteiger charge is -2.19. The highest BCUT2D eigenvalue weighted by Crippen LogP contribution is 2.24. The zero-order chi connectivity index (χ0) is 14.5. The van der Waals surface area contributed by atoms with Gasteiger partial charge in [-0.15, -0.1) is 0 Å². The SMILES string of the molecule is COc1ccc(N2CC[C@H](OCc3ccccc3)C2)cc1. The van der Waals surface area contributed by atoms with Gasteiger partial charge in [-0.3, -0.25) is 0 Å². The van der Waals surface area contributed by atoms with Gasteiger partial charge in [-0.2, -0.15) is 0 Å². The molecule has 0 saturated carbocycles. The van der Waals surface area contributed by atoms with E-state index in [1.165, 1.54) is 11.3 Å². The summed E-state index contributed by atoms with van der Waals surface area (Å²) < 4.78 is 11.2. The van der Waals surface area contributed by atoms with Crippen LogP contribution in [0.2, 0.25) is 0 Å². The molecule has 0 aliphatic carbocycles. The van der Waals surface area contributed by atoms with E-state index < -0.39 is 0 Å². The van der Waals surface area contributed by atoms with Crippen LogP contribution in [0.15, 0.2) is 54.6 Å². The molecule has 1 fully saturated rings. The highest BCUT2D eigenvalue weighted by Gasteiger charge is 2.23. The Labute approximate surface area is 126 Å². The quantitative estimate of drug-likeness (QED) is 0.838. The Kier molecular flexibility index (Phi) is 4.41. The standard InChI is InChI=1S/C18H21NO2/c1-20-17-9-7-16(8-10-17)19-12-11-18(13-19)21-14-15-5-3-2-4-6-15/h2-10,18H,11-14H2,1H3/t18-/m0/s1. The zero-order valence-corrected chi connectivity index (χ0v) is 12.4. The van der Waals surface area contributed by atoms with Crippen molar-refractivity contribution in [2.75, 3.05) is 25.1 Å². The van der Waals surface area contributed by atoms with Crippen molar-refractivity contribution in [1.82, 2.24) is 0 Å². The van der Waals surface area contributed by atoms with E-state index in [-0.39, 0.29) is 0 Å². The van der Waals surface area contributed by atoms with Gasteiger partial charge in [-0.25, -0.2) is 0 Å². The van der Waals surface area contributed by atoms with Gasteiger partial charge in [-0.1, -0.05) is 30.3 Å². The smallest absolute Gasteiger partial charge is 0.119 e. The molecule has 0 N–H and O–H groups in total. The average Bonchev–Trinajstić information content (AvgIpc) is 3.03. The predicted octanol–water partition coefficient (Wildman–Crippen LogP) is 3.49. The van der Waals surface area contributed by atoms with Crippen LogP contribution in [-0.2, 0) is 11.3 Å². The van der Waals surface area contributed by atoms with Crippen LogP contribution in [0.1, 0.15) is 12.0 Å². The summed E-state index contributed by atoms with van der Waals surface area (Å²) in [5.74, 6) is 0.898. The van der Waals surface area contributed by atoms with Gasteiger partial charge < -0.3 is 14.4 Å². The number of ether oxygens (including phenoxy) is 2. The Morgan fingerprint density at radius 3 is 2.52 bits per heavy atom. The summed E-state index contributed by atoms with van der Waals surface area (Å²) >= 11 is 0. The van der Waals surface area contributed by atoms with Crippen LogP contribution < -0.4 is 9.64 Å². The number of nitrogens with zero attached hydrogens (tertiary/aromatic N) is 1. The summed E-state index contributed by atoms with van der Waals surface area (Å²) in [5, 5.41) is 0. The molecule has 110 valence electrons. The molecule has 3 rings (SSSR count). The van der Waals surface area contributed by atoms with Gasteiger partial charge in [0.25, 0.3) is 0 Å². The number of hydrogen-bond acceptors (Lipinski definition) is 3. The van der Waals surface area contributed by atoms with Crippen LogP contribution in [0.3, 0.4) is 0 Å². The first-order chi connectivity index (χ1) is 10.3. The Bertz CT molecular complexity index is 553. The minimum Gasteiger partial charge on any atom is -0.497 e. The second-order valence-corrected chi connectivity index (χ2v) is 5.35. The fourth-order valence-electron chi connectivity index (χ4n) is 2.68. The Balaban J connectivity index is 1.52. The highest BCUT2D eigenvalue weighted by atomic mass is 16.5. The third-order valence-corrected chi connectivity index (χ3v) is 3.91. The van der Waals surface area contributed by atoms with Gasteiger partial charge in [0.1, 0.15) is 5.75 Å². The number of rotatable bonds is 5. The molecule has 1 heterocycles. The molecule has 3 heteroatoms. The van der Waals surface area contributed by atoms with Crippen LogP contribution in [0.4, 0.5) is 5.69 Å². The summed E-state index contributed by atoms with van der Waals surface area (Å²) in [7, 11) is 1.69. The van der Waals surface area contributed by atoms with E-state index in [1.54, 1.807) is 7.11 Å². The summed E-state index contributed by atoms with van der Waals surface area (Å²) in [6.07, 6.45) is 1.39. The molecule has 0 bridgehead atoms. The number of methoxy groups -OCH3 is 1. The highest BCUT2D eigenvalue weighted by molar-refractivity contribution is 5.50. The molecule has 2 aromatic rings. The maximum atomic E-state index is 6.02. The summed E-state index contributed by atoms with van der Waals surface area (Å²) in [5.41, 5.74) is 2.47. The fraction of sp³-hybridized carbons (Fsp3) is 0.333. The Morgan fingerprint density at radius 1 is 1.05 bits per heavy atom. The normalized spacial score (nSPS) is 18.0. The van der Waals surface area contributed by atoms with E-state index in [0.717, 1.165) is 25.3 Å². The molecule has 0 unspecified atom stereocenters. The van der Waals surface area contributed by atoms with E-state index in [1.807, 2.05) is 18.2 Å². The van der Waals surface area contributed by atoms with Gasteiger partial charge in [0.05, 0.1) is 19.8 Å². The summed E-state index contributed by atoms with van der Waals surface area (Å²) in [4.78, 5) is 2.37. The molecule has 3 nitrogen and oxygen atoms in total. The van der Waals surface area contributed by atoms with Gasteiger partial charge >= 0.3 is 0 Å². The molecule has 1 aliphatic rings. The van der Waals surface area contributed by atoms with Gasteiger partial charge in [0, 0.05) is 18.8 Å². The first-order valence-electron chi connectivity index (χ1n) is 7.39. The number of hydrogen-bond donors (Lipinski definition) is 0. The minimum atomic E-state index is 0.312. The van der Waals surface area contributed by atoms with Crippen molar-refractivity contribution in [3.05, 3.63) is 60.2 Å². The lowest BCUT2D eigenvalue weighted by Crippen LogP contribution is -2.22. The van der Waals surface area contributed by atoms with Crippen molar-refractivity contribution in [3.63, 3.8) is 0 Å². The molecule has 0 spiro atoms. The lowest BCUT2D eigenvalue weighted by molar-refractivity contribution is 0.0553. The van der Waals surface area contributed by atoms with Gasteiger partial charge in [-0.05, 0) is 36.2 Å². The first-order valence-corrected chi connectivity index (χ1v) is 7.39. The third kappa shape index (κ3) is 3.56. The van der Waals surface area contributed by atoms with E-state index in [4.69, 9.17) is 9.47 Å². The lowest BCUT2D eigenvalue weighted by atomic mass is 10.2. The molecule has 0 radical (unpaired) electrons. The molecule has 1 saturated heterocycles. The average molecular weight is 283 g/mol. The molecule has 0 amide bonds. The predicted molar refractivity (Wildman–Crippen MR) is 84.8 cm³/mol. The molecule has 1 aliphatic heterocycles. The number of anilines is 1. The van der Waals surface area contributed by atoms with Crippen molar-refractivity contribution in [3.8, 4) is 5.75 Å². The van der Waals surface area contributed by atoms with E-state index >= 15 is 0 Å². The fourth-order valence-corrected chi connectivity index (χ4v) is 2.68. The van der Waals surface area contributed by atoms with E-state index in [0.29, 0.717) is 12.7 Å². The topological polar surface area (TPSA) is 21.7 Å². The third-order valence-electron chi connectivity index (χ3n) is 3.91. The minimum absolute atomic E-state index is 0.312. The monoisotopic (exact) mass is 283 g/mol. The van der Waals surface area contributed by atoms with Crippen molar-refractivity contribution in [2.24, 2.45) is 0 Å².